The van der Waals surface area contributed by atoms with Crippen LogP contribution < -0.4 is 0 Å². The van der Waals surface area contributed by atoms with Crippen LogP contribution in [0, 0.1) is 0 Å². The summed E-state index contributed by atoms with van der Waals surface area (Å²) in [4.78, 5) is 0. The number of hydrogen-bond acceptors (Lipinski definition) is 2. The minimum atomic E-state index is -0.261. The predicted molar refractivity (Wildman–Crippen MR) is 35.2 cm³/mol. The standard InChI is InChI=1S/C7H12O2/c1-2-3-4-6(8)7-5-9-7/h2,6-8H,1,3-5H2/t6-,7+/m1/s1. The molecule has 1 fully saturated rings. The van der Waals surface area contributed by atoms with Gasteiger partial charge in [0.2, 0.25) is 0 Å². The van der Waals surface area contributed by atoms with E-state index < -0.39 is 0 Å². The van der Waals surface area contributed by atoms with E-state index in [0.29, 0.717) is 0 Å². The first-order valence-electron chi connectivity index (χ1n) is 3.25. The molecule has 0 spiro atoms. The molecule has 0 radical (unpaired) electrons. The van der Waals surface area contributed by atoms with E-state index in [1.54, 1.807) is 0 Å². The summed E-state index contributed by atoms with van der Waals surface area (Å²) in [7, 11) is 0. The number of aliphatic hydroxyl groups excluding tert-OH is 1. The Morgan fingerprint density at radius 1 is 1.89 bits per heavy atom. The van der Waals surface area contributed by atoms with Gasteiger partial charge in [0, 0.05) is 0 Å². The summed E-state index contributed by atoms with van der Waals surface area (Å²) in [6.07, 6.45) is 3.34. The number of hydrogen-bond donors (Lipinski definition) is 1. The van der Waals surface area contributed by atoms with Crippen LogP contribution in [0.1, 0.15) is 12.8 Å². The van der Waals surface area contributed by atoms with Gasteiger partial charge < -0.3 is 9.84 Å². The van der Waals surface area contributed by atoms with Crippen LogP contribution in [0.2, 0.25) is 0 Å². The van der Waals surface area contributed by atoms with E-state index in [9.17, 15) is 0 Å². The Morgan fingerprint density at radius 2 is 2.56 bits per heavy atom. The normalized spacial score (nSPS) is 27.4. The van der Waals surface area contributed by atoms with Crippen molar-refractivity contribution in [1.29, 1.82) is 0 Å². The van der Waals surface area contributed by atoms with Crippen LogP contribution in [0.4, 0.5) is 0 Å². The van der Waals surface area contributed by atoms with Crippen molar-refractivity contribution in [2.45, 2.75) is 25.0 Å². The topological polar surface area (TPSA) is 32.8 Å². The molecule has 0 aromatic rings. The molecule has 0 aliphatic carbocycles. The van der Waals surface area contributed by atoms with Crippen molar-refractivity contribution in [2.75, 3.05) is 6.61 Å². The highest BCUT2D eigenvalue weighted by atomic mass is 16.6. The fourth-order valence-electron chi connectivity index (χ4n) is 0.752. The van der Waals surface area contributed by atoms with E-state index in [-0.39, 0.29) is 12.2 Å². The molecule has 0 amide bonds. The lowest BCUT2D eigenvalue weighted by molar-refractivity contribution is 0.127. The number of ether oxygens (including phenoxy) is 1. The van der Waals surface area contributed by atoms with Gasteiger partial charge in [-0.2, -0.15) is 0 Å². The molecule has 0 unspecified atom stereocenters. The number of rotatable bonds is 4. The molecule has 2 heteroatoms. The lowest BCUT2D eigenvalue weighted by atomic mass is 10.1. The van der Waals surface area contributed by atoms with E-state index in [4.69, 9.17) is 9.84 Å². The number of allylic oxidation sites excluding steroid dienone is 1. The van der Waals surface area contributed by atoms with Crippen LogP contribution >= 0.6 is 0 Å². The van der Waals surface area contributed by atoms with Crippen LogP contribution in [0.5, 0.6) is 0 Å². The Hall–Kier alpha value is -0.340. The van der Waals surface area contributed by atoms with Crippen molar-refractivity contribution in [3.8, 4) is 0 Å². The Balaban J connectivity index is 2.02. The van der Waals surface area contributed by atoms with Crippen molar-refractivity contribution >= 4 is 0 Å². The van der Waals surface area contributed by atoms with Crippen molar-refractivity contribution < 1.29 is 9.84 Å². The molecule has 0 aromatic carbocycles. The average molecular weight is 128 g/mol. The summed E-state index contributed by atoms with van der Waals surface area (Å²) < 4.78 is 4.88. The summed E-state index contributed by atoms with van der Waals surface area (Å²) in [5, 5.41) is 9.15. The van der Waals surface area contributed by atoms with Gasteiger partial charge in [-0.3, -0.25) is 0 Å². The fourth-order valence-corrected chi connectivity index (χ4v) is 0.752. The van der Waals surface area contributed by atoms with Crippen molar-refractivity contribution in [3.63, 3.8) is 0 Å². The van der Waals surface area contributed by atoms with Gasteiger partial charge in [-0.25, -0.2) is 0 Å². The molecule has 0 saturated carbocycles. The zero-order valence-corrected chi connectivity index (χ0v) is 5.42. The van der Waals surface area contributed by atoms with Crippen LogP contribution in [0.15, 0.2) is 12.7 Å². The highest BCUT2D eigenvalue weighted by Crippen LogP contribution is 2.17. The Labute approximate surface area is 55.1 Å². The molecular weight excluding hydrogens is 116 g/mol. The SMILES string of the molecule is C=CCC[C@@H](O)[C@@H]1CO1. The summed E-state index contributed by atoms with van der Waals surface area (Å²) >= 11 is 0. The second-order valence-corrected chi connectivity index (χ2v) is 2.31. The van der Waals surface area contributed by atoms with E-state index in [1.807, 2.05) is 6.08 Å². The molecule has 1 saturated heterocycles. The lowest BCUT2D eigenvalue weighted by Crippen LogP contribution is -2.13. The van der Waals surface area contributed by atoms with Gasteiger partial charge in [-0.05, 0) is 12.8 Å². The quantitative estimate of drug-likeness (QED) is 0.447. The van der Waals surface area contributed by atoms with E-state index in [0.717, 1.165) is 19.4 Å². The summed E-state index contributed by atoms with van der Waals surface area (Å²) in [6.45, 7) is 4.29. The molecule has 2 nitrogen and oxygen atoms in total. The molecule has 0 aromatic heterocycles. The monoisotopic (exact) mass is 128 g/mol. The number of epoxide rings is 1. The van der Waals surface area contributed by atoms with Crippen LogP contribution in [-0.4, -0.2) is 23.9 Å². The summed E-state index contributed by atoms with van der Waals surface area (Å²) in [5.41, 5.74) is 0. The molecule has 1 N–H and O–H groups in total. The first kappa shape index (κ1) is 6.78. The van der Waals surface area contributed by atoms with E-state index in [2.05, 4.69) is 6.58 Å². The molecule has 2 atom stereocenters. The van der Waals surface area contributed by atoms with Crippen LogP contribution in [0.3, 0.4) is 0 Å². The van der Waals surface area contributed by atoms with Gasteiger partial charge >= 0.3 is 0 Å². The molecular formula is C7H12O2. The maximum atomic E-state index is 9.15. The first-order valence-corrected chi connectivity index (χ1v) is 3.25. The molecule has 9 heavy (non-hydrogen) atoms. The van der Waals surface area contributed by atoms with E-state index >= 15 is 0 Å². The van der Waals surface area contributed by atoms with Gasteiger partial charge in [-0.1, -0.05) is 6.08 Å². The summed E-state index contributed by atoms with van der Waals surface area (Å²) in [5.74, 6) is 0. The third kappa shape index (κ3) is 2.16. The van der Waals surface area contributed by atoms with E-state index in [1.165, 1.54) is 0 Å². The Morgan fingerprint density at radius 3 is 3.00 bits per heavy atom. The molecule has 1 rings (SSSR count). The van der Waals surface area contributed by atoms with Gasteiger partial charge in [0.05, 0.1) is 12.7 Å². The second-order valence-electron chi connectivity index (χ2n) is 2.31. The van der Waals surface area contributed by atoms with Gasteiger partial charge in [-0.15, -0.1) is 6.58 Å². The maximum absolute atomic E-state index is 9.15. The third-order valence-electron chi connectivity index (χ3n) is 1.45. The summed E-state index contributed by atoms with van der Waals surface area (Å²) in [6, 6.07) is 0. The molecule has 0 bridgehead atoms. The van der Waals surface area contributed by atoms with Crippen LogP contribution in [0.25, 0.3) is 0 Å². The lowest BCUT2D eigenvalue weighted by Gasteiger charge is -2.02. The average Bonchev–Trinajstić information content (AvgIpc) is 2.63. The van der Waals surface area contributed by atoms with Gasteiger partial charge in [0.25, 0.3) is 0 Å². The minimum absolute atomic E-state index is 0.130. The molecule has 52 valence electrons. The predicted octanol–water partition coefficient (Wildman–Crippen LogP) is 0.712. The largest absolute Gasteiger partial charge is 0.390 e. The zero-order chi connectivity index (χ0) is 6.69. The highest BCUT2D eigenvalue weighted by molar-refractivity contribution is 4.80. The first-order chi connectivity index (χ1) is 4.34. The highest BCUT2D eigenvalue weighted by Gasteiger charge is 2.30. The fraction of sp³-hybridized carbons (Fsp3) is 0.714. The van der Waals surface area contributed by atoms with Gasteiger partial charge in [0.15, 0.2) is 0 Å². The maximum Gasteiger partial charge on any atom is 0.107 e. The minimum Gasteiger partial charge on any atom is -0.390 e. The van der Waals surface area contributed by atoms with Crippen LogP contribution in [-0.2, 0) is 4.74 Å². The zero-order valence-electron chi connectivity index (χ0n) is 5.42. The number of aliphatic hydroxyl groups is 1. The van der Waals surface area contributed by atoms with Crippen molar-refractivity contribution in [2.24, 2.45) is 0 Å². The van der Waals surface area contributed by atoms with Gasteiger partial charge in [0.1, 0.15) is 6.10 Å². The van der Waals surface area contributed by atoms with Crippen molar-refractivity contribution in [3.05, 3.63) is 12.7 Å². The second kappa shape index (κ2) is 2.99. The third-order valence-corrected chi connectivity index (χ3v) is 1.45. The smallest absolute Gasteiger partial charge is 0.107 e. The Kier molecular flexibility index (Phi) is 2.25. The Bertz CT molecular complexity index is 97.1. The van der Waals surface area contributed by atoms with Crippen molar-refractivity contribution in [1.82, 2.24) is 0 Å². The molecule has 1 aliphatic heterocycles. The molecule has 1 heterocycles. The molecule has 1 aliphatic rings.